The molecule has 4 heteroatoms. The predicted molar refractivity (Wildman–Crippen MR) is 84.2 cm³/mol. The normalized spacial score (nSPS) is 17.1. The molecular formula is C17H15BrO3. The van der Waals surface area contributed by atoms with Crippen molar-refractivity contribution >= 4 is 21.7 Å². The number of fused-ring (bicyclic) bond motifs is 1. The second kappa shape index (κ2) is 5.53. The van der Waals surface area contributed by atoms with Gasteiger partial charge in [0, 0.05) is 4.47 Å². The Bertz CT molecular complexity index is 709. The molecule has 0 radical (unpaired) electrons. The molecule has 3 rings (SSSR count). The van der Waals surface area contributed by atoms with Crippen molar-refractivity contribution in [2.45, 2.75) is 19.4 Å². The number of ether oxygens (including phenoxy) is 2. The summed E-state index contributed by atoms with van der Waals surface area (Å²) in [5, 5.41) is 0. The predicted octanol–water partition coefficient (Wildman–Crippen LogP) is 4.47. The van der Waals surface area contributed by atoms with Crippen LogP contribution in [0.2, 0.25) is 0 Å². The van der Waals surface area contributed by atoms with Crippen LogP contribution in [0.15, 0.2) is 40.9 Å². The highest BCUT2D eigenvalue weighted by molar-refractivity contribution is 9.10. The maximum Gasteiger partial charge on any atom is 0.170 e. The van der Waals surface area contributed by atoms with E-state index in [1.807, 2.05) is 43.3 Å². The molecule has 0 fully saturated rings. The Balaban J connectivity index is 1.94. The van der Waals surface area contributed by atoms with E-state index in [2.05, 4.69) is 15.9 Å². The Morgan fingerprint density at radius 3 is 2.76 bits per heavy atom. The van der Waals surface area contributed by atoms with Crippen LogP contribution >= 0.6 is 15.9 Å². The fraction of sp³-hybridized carbons (Fsp3) is 0.235. The van der Waals surface area contributed by atoms with Crippen molar-refractivity contribution < 1.29 is 14.3 Å². The van der Waals surface area contributed by atoms with Crippen molar-refractivity contribution in [3.05, 3.63) is 57.6 Å². The number of halogens is 1. The fourth-order valence-corrected chi connectivity index (χ4v) is 2.95. The summed E-state index contributed by atoms with van der Waals surface area (Å²) in [4.78, 5) is 12.3. The van der Waals surface area contributed by atoms with Gasteiger partial charge in [-0.1, -0.05) is 22.0 Å². The molecule has 1 unspecified atom stereocenters. The Hall–Kier alpha value is -1.81. The first kappa shape index (κ1) is 14.1. The maximum atomic E-state index is 12.3. The highest BCUT2D eigenvalue weighted by Gasteiger charge is 2.28. The minimum absolute atomic E-state index is 0.107. The average Bonchev–Trinajstić information content (AvgIpc) is 2.47. The van der Waals surface area contributed by atoms with E-state index in [1.54, 1.807) is 7.11 Å². The van der Waals surface area contributed by atoms with Crippen molar-refractivity contribution in [1.82, 2.24) is 0 Å². The molecule has 0 saturated heterocycles. The van der Waals surface area contributed by atoms with E-state index in [4.69, 9.17) is 9.47 Å². The molecule has 2 aromatic carbocycles. The van der Waals surface area contributed by atoms with Crippen LogP contribution in [0.4, 0.5) is 0 Å². The topological polar surface area (TPSA) is 35.5 Å². The smallest absolute Gasteiger partial charge is 0.170 e. The molecule has 0 bridgehead atoms. The third kappa shape index (κ3) is 2.68. The second-order valence-electron chi connectivity index (χ2n) is 5.10. The number of benzene rings is 2. The van der Waals surface area contributed by atoms with E-state index < -0.39 is 0 Å². The summed E-state index contributed by atoms with van der Waals surface area (Å²) >= 11 is 3.38. The summed E-state index contributed by atoms with van der Waals surface area (Å²) in [5.41, 5.74) is 2.67. The van der Waals surface area contributed by atoms with E-state index in [-0.39, 0.29) is 11.9 Å². The number of ketones is 1. The number of hydrogen-bond donors (Lipinski definition) is 0. The fourth-order valence-electron chi connectivity index (χ4n) is 2.58. The van der Waals surface area contributed by atoms with Gasteiger partial charge in [0.25, 0.3) is 0 Å². The summed E-state index contributed by atoms with van der Waals surface area (Å²) in [7, 11) is 1.65. The largest absolute Gasteiger partial charge is 0.496 e. The number of carbonyl (C=O) groups excluding carboxylic acids is 1. The Labute approximate surface area is 132 Å². The van der Waals surface area contributed by atoms with Gasteiger partial charge in [-0.25, -0.2) is 0 Å². The summed E-state index contributed by atoms with van der Waals surface area (Å²) in [6.07, 6.45) is 0.116. The van der Waals surface area contributed by atoms with E-state index in [9.17, 15) is 4.79 Å². The number of carbonyl (C=O) groups is 1. The molecule has 0 aromatic heterocycles. The van der Waals surface area contributed by atoms with Gasteiger partial charge in [-0.3, -0.25) is 4.79 Å². The van der Waals surface area contributed by atoms with Crippen LogP contribution in [0.25, 0.3) is 0 Å². The molecule has 0 N–H and O–H groups in total. The molecule has 2 aromatic rings. The molecule has 1 heterocycles. The van der Waals surface area contributed by atoms with Crippen LogP contribution < -0.4 is 9.47 Å². The van der Waals surface area contributed by atoms with Gasteiger partial charge in [-0.05, 0) is 48.4 Å². The van der Waals surface area contributed by atoms with E-state index in [1.165, 1.54) is 0 Å². The van der Waals surface area contributed by atoms with Crippen LogP contribution in [0.3, 0.4) is 0 Å². The van der Waals surface area contributed by atoms with Crippen molar-refractivity contribution in [1.29, 1.82) is 0 Å². The molecule has 3 nitrogen and oxygen atoms in total. The summed E-state index contributed by atoms with van der Waals surface area (Å²) in [6, 6.07) is 11.4. The van der Waals surface area contributed by atoms with Crippen molar-refractivity contribution in [3.8, 4) is 11.5 Å². The van der Waals surface area contributed by atoms with Gasteiger partial charge >= 0.3 is 0 Å². The lowest BCUT2D eigenvalue weighted by Crippen LogP contribution is -2.20. The first-order valence-electron chi connectivity index (χ1n) is 6.72. The Morgan fingerprint density at radius 1 is 1.24 bits per heavy atom. The van der Waals surface area contributed by atoms with Gasteiger partial charge in [0.2, 0.25) is 0 Å². The standard InChI is InChI=1S/C17H15BrO3/c1-10-7-11(3-5-15(10)20-2)17-9-14(19)13-8-12(18)4-6-16(13)21-17/h3-8,17H,9H2,1-2H3. The summed E-state index contributed by atoms with van der Waals surface area (Å²) in [6.45, 7) is 1.98. The van der Waals surface area contributed by atoms with Crippen LogP contribution in [0.1, 0.15) is 34.0 Å². The number of hydrogen-bond acceptors (Lipinski definition) is 3. The van der Waals surface area contributed by atoms with Gasteiger partial charge in [0.1, 0.15) is 17.6 Å². The molecule has 0 amide bonds. The zero-order valence-corrected chi connectivity index (χ0v) is 13.4. The monoisotopic (exact) mass is 346 g/mol. The van der Waals surface area contributed by atoms with Gasteiger partial charge in [0.15, 0.2) is 5.78 Å². The van der Waals surface area contributed by atoms with Crippen LogP contribution in [0.5, 0.6) is 11.5 Å². The SMILES string of the molecule is COc1ccc(C2CC(=O)c3cc(Br)ccc3O2)cc1C. The second-order valence-corrected chi connectivity index (χ2v) is 6.02. The van der Waals surface area contributed by atoms with Gasteiger partial charge in [-0.2, -0.15) is 0 Å². The molecule has 0 saturated carbocycles. The molecule has 0 aliphatic carbocycles. The van der Waals surface area contributed by atoms with Crippen molar-refractivity contribution in [2.24, 2.45) is 0 Å². The van der Waals surface area contributed by atoms with E-state index in [0.717, 1.165) is 21.3 Å². The van der Waals surface area contributed by atoms with Gasteiger partial charge in [-0.15, -0.1) is 0 Å². The lowest BCUT2D eigenvalue weighted by atomic mass is 9.95. The first-order valence-corrected chi connectivity index (χ1v) is 7.51. The molecular weight excluding hydrogens is 332 g/mol. The maximum absolute atomic E-state index is 12.3. The van der Waals surface area contributed by atoms with Crippen molar-refractivity contribution in [3.63, 3.8) is 0 Å². The molecule has 0 spiro atoms. The third-order valence-electron chi connectivity index (χ3n) is 3.67. The number of aryl methyl sites for hydroxylation is 1. The number of methoxy groups -OCH3 is 1. The first-order chi connectivity index (χ1) is 10.1. The highest BCUT2D eigenvalue weighted by Crippen LogP contribution is 2.37. The molecule has 21 heavy (non-hydrogen) atoms. The number of Topliss-reactive ketones (excluding diaryl/α,β-unsaturated/α-hetero) is 1. The van der Waals surface area contributed by atoms with Crippen LogP contribution in [0, 0.1) is 6.92 Å². The highest BCUT2D eigenvalue weighted by atomic mass is 79.9. The van der Waals surface area contributed by atoms with E-state index >= 15 is 0 Å². The minimum Gasteiger partial charge on any atom is -0.496 e. The minimum atomic E-state index is -0.240. The van der Waals surface area contributed by atoms with Crippen molar-refractivity contribution in [2.75, 3.05) is 7.11 Å². The molecule has 1 atom stereocenters. The quantitative estimate of drug-likeness (QED) is 0.804. The lowest BCUT2D eigenvalue weighted by Gasteiger charge is -2.26. The van der Waals surface area contributed by atoms with Gasteiger partial charge < -0.3 is 9.47 Å². The Kier molecular flexibility index (Phi) is 3.72. The lowest BCUT2D eigenvalue weighted by molar-refractivity contribution is 0.0850. The van der Waals surface area contributed by atoms with Crippen LogP contribution in [-0.4, -0.2) is 12.9 Å². The molecule has 108 valence electrons. The Morgan fingerprint density at radius 2 is 2.05 bits per heavy atom. The molecule has 1 aliphatic heterocycles. The third-order valence-corrected chi connectivity index (χ3v) is 4.17. The van der Waals surface area contributed by atoms with Gasteiger partial charge in [0.05, 0.1) is 19.1 Å². The molecule has 1 aliphatic rings. The average molecular weight is 347 g/mol. The summed E-state index contributed by atoms with van der Waals surface area (Å²) < 4.78 is 12.1. The zero-order chi connectivity index (χ0) is 15.0. The summed E-state index contributed by atoms with van der Waals surface area (Å²) in [5.74, 6) is 1.59. The number of rotatable bonds is 2. The van der Waals surface area contributed by atoms with Crippen LogP contribution in [-0.2, 0) is 0 Å². The van der Waals surface area contributed by atoms with E-state index in [0.29, 0.717) is 17.7 Å². The zero-order valence-electron chi connectivity index (χ0n) is 11.9.